The third-order valence-electron chi connectivity index (χ3n) is 5.82. The van der Waals surface area contributed by atoms with Gasteiger partial charge in [-0.25, -0.2) is 0 Å². The number of nitrogens with zero attached hydrogens (tertiary/aromatic N) is 1. The van der Waals surface area contributed by atoms with Gasteiger partial charge in [0, 0.05) is 0 Å². The van der Waals surface area contributed by atoms with Gasteiger partial charge in [0.2, 0.25) is 0 Å². The molecule has 1 unspecified atom stereocenters. The number of hydrogen-bond acceptors (Lipinski definition) is 5. The number of ether oxygens (including phenoxy) is 2. The van der Waals surface area contributed by atoms with Crippen molar-refractivity contribution in [3.63, 3.8) is 0 Å². The van der Waals surface area contributed by atoms with Crippen LogP contribution in [0.4, 0.5) is 0 Å². The summed E-state index contributed by atoms with van der Waals surface area (Å²) in [4.78, 5) is 0. The summed E-state index contributed by atoms with van der Waals surface area (Å²) in [5, 5.41) is 9.64. The van der Waals surface area contributed by atoms with Crippen molar-refractivity contribution in [2.24, 2.45) is 0 Å². The Morgan fingerprint density at radius 2 is 1.77 bits per heavy atom. The molecule has 2 heterocycles. The molecular weight excluding hydrogens is 527 g/mol. The molecule has 0 bridgehead atoms. The molecule has 2 aliphatic rings. The van der Waals surface area contributed by atoms with Gasteiger partial charge >= 0.3 is 172 Å². The molecule has 4 rings (SSSR count). The van der Waals surface area contributed by atoms with Crippen molar-refractivity contribution >= 4 is 24.2 Å². The summed E-state index contributed by atoms with van der Waals surface area (Å²) in [5.41, 5.74) is 1.74. The second-order valence-electron chi connectivity index (χ2n) is 8.57. The third-order valence-corrected chi connectivity index (χ3v) is 8.41. The summed E-state index contributed by atoms with van der Waals surface area (Å²) in [6.45, 7) is 8.54. The topological polar surface area (TPSA) is 60.7 Å². The Kier molecular flexibility index (Phi) is 6.46. The van der Waals surface area contributed by atoms with Gasteiger partial charge in [-0.3, -0.25) is 0 Å². The first-order chi connectivity index (χ1) is 14.7. The first-order valence-corrected chi connectivity index (χ1v) is 13.5. The average Bonchev–Trinajstić information content (AvgIpc) is 3.54. The predicted molar refractivity (Wildman–Crippen MR) is 117 cm³/mol. The summed E-state index contributed by atoms with van der Waals surface area (Å²) in [6, 6.07) is 13.7. The number of halogens is 2. The van der Waals surface area contributed by atoms with Gasteiger partial charge in [-0.15, -0.1) is 0 Å². The molecule has 0 spiro atoms. The van der Waals surface area contributed by atoms with Crippen LogP contribution in [0.3, 0.4) is 0 Å². The van der Waals surface area contributed by atoms with E-state index < -0.39 is 7.12 Å². The Morgan fingerprint density at radius 3 is 2.32 bits per heavy atom. The van der Waals surface area contributed by atoms with Gasteiger partial charge in [-0.2, -0.15) is 0 Å². The van der Waals surface area contributed by atoms with Gasteiger partial charge in [0.15, 0.2) is 0 Å². The molecule has 5 nitrogen and oxygen atoms in total. The molecule has 2 fully saturated rings. The van der Waals surface area contributed by atoms with Crippen molar-refractivity contribution in [2.45, 2.75) is 42.8 Å². The van der Waals surface area contributed by atoms with Gasteiger partial charge in [0.05, 0.1) is 0 Å². The van der Waals surface area contributed by atoms with Crippen molar-refractivity contribution < 1.29 is 40.0 Å². The molecular formula is C23H25BClINO4-. The minimum absolute atomic E-state index is 0.139. The molecule has 2 saturated heterocycles. The maximum absolute atomic E-state index is 9.64. The Balaban J connectivity index is 1.53. The number of hydrogen-bond donors (Lipinski definition) is 0. The van der Waals surface area contributed by atoms with Gasteiger partial charge in [-0.1, -0.05) is 0 Å². The van der Waals surface area contributed by atoms with Crippen LogP contribution in [0.5, 0.6) is 17.2 Å². The van der Waals surface area contributed by atoms with Gasteiger partial charge in [0.1, 0.15) is 0 Å². The van der Waals surface area contributed by atoms with E-state index in [1.807, 2.05) is 58.0 Å². The van der Waals surface area contributed by atoms with E-state index >= 15 is 0 Å². The first-order valence-electron chi connectivity index (χ1n) is 10.2. The van der Waals surface area contributed by atoms with Crippen LogP contribution in [-0.4, -0.2) is 35.2 Å². The fraction of sp³-hybridized carbons (Fsp3) is 0.435. The van der Waals surface area contributed by atoms with E-state index in [9.17, 15) is 5.26 Å². The normalized spacial score (nSPS) is 21.2. The minimum Gasteiger partial charge on any atom is -0.0348 e. The van der Waals surface area contributed by atoms with Crippen molar-refractivity contribution in [3.05, 3.63) is 47.5 Å². The van der Waals surface area contributed by atoms with Crippen LogP contribution < -0.4 is 36.1 Å². The monoisotopic (exact) mass is 552 g/mol. The van der Waals surface area contributed by atoms with Gasteiger partial charge in [0.25, 0.3) is 0 Å². The van der Waals surface area contributed by atoms with Crippen LogP contribution in [0, 0.1) is 11.3 Å². The fourth-order valence-electron chi connectivity index (χ4n) is 3.32. The molecule has 0 amide bonds. The van der Waals surface area contributed by atoms with E-state index in [1.54, 1.807) is 6.07 Å². The zero-order valence-electron chi connectivity index (χ0n) is 18.1. The Bertz CT molecular complexity index is 986. The van der Waals surface area contributed by atoms with Crippen LogP contribution in [0.2, 0.25) is 0 Å². The quantitative estimate of drug-likeness (QED) is 0.296. The molecule has 0 radical (unpaired) electrons. The second kappa shape index (κ2) is 8.82. The third kappa shape index (κ3) is 4.82. The number of rotatable bonds is 7. The van der Waals surface area contributed by atoms with Gasteiger partial charge in [-0.05, 0) is 27.7 Å². The summed E-state index contributed by atoms with van der Waals surface area (Å²) < 4.78 is 25.8. The number of alkyl halides is 3. The van der Waals surface area contributed by atoms with Crippen molar-refractivity contribution in [3.8, 4) is 23.3 Å². The molecule has 2 aliphatic heterocycles. The molecule has 0 aliphatic carbocycles. The average molecular weight is 553 g/mol. The SMILES string of the molecule is CC1(C)OB(c2ccc(Oc3cc(C#N)c(OCCCl)c(C4C[I-]4)c3)cc2)OC1(C)C. The van der Waals surface area contributed by atoms with Crippen LogP contribution in [0.1, 0.15) is 42.7 Å². The summed E-state index contributed by atoms with van der Waals surface area (Å²) in [5.74, 6) is 2.38. The zero-order chi connectivity index (χ0) is 22.2. The second-order valence-corrected chi connectivity index (χ2v) is 12.2. The zero-order valence-corrected chi connectivity index (χ0v) is 21.0. The van der Waals surface area contributed by atoms with Crippen LogP contribution in [0.25, 0.3) is 0 Å². The standard InChI is InChI=1S/C23H25BClINO4/c1-22(2)23(3,4)31-24(30-22)16-5-7-17(8-6-16)29-18-11-15(14-27)21(28-10-9-25)19(12-18)20-13-26-20/h5-8,11-12,20H,9-10,13H2,1-4H3/q-1. The molecule has 0 aromatic heterocycles. The Morgan fingerprint density at radius 1 is 1.13 bits per heavy atom. The number of benzene rings is 2. The molecule has 31 heavy (non-hydrogen) atoms. The van der Waals surface area contributed by atoms with E-state index in [1.165, 1.54) is 4.43 Å². The summed E-state index contributed by atoms with van der Waals surface area (Å²) >= 11 is 5.92. The van der Waals surface area contributed by atoms with Crippen molar-refractivity contribution in [2.75, 3.05) is 16.9 Å². The Labute approximate surface area is 199 Å². The fourth-order valence-corrected chi connectivity index (χ4v) is 5.06. The van der Waals surface area contributed by atoms with Crippen molar-refractivity contribution in [1.29, 1.82) is 5.26 Å². The van der Waals surface area contributed by atoms with Crippen LogP contribution in [0.15, 0.2) is 36.4 Å². The van der Waals surface area contributed by atoms with Gasteiger partial charge < -0.3 is 0 Å². The van der Waals surface area contributed by atoms with E-state index in [-0.39, 0.29) is 32.4 Å². The number of nitriles is 1. The minimum atomic E-state index is -0.409. The molecule has 2 aromatic rings. The van der Waals surface area contributed by atoms with Crippen LogP contribution in [-0.2, 0) is 9.31 Å². The smallest absolute Gasteiger partial charge is 0.0348 e. The molecule has 164 valence electrons. The molecule has 2 aromatic carbocycles. The molecule has 8 heteroatoms. The van der Waals surface area contributed by atoms with E-state index in [4.69, 9.17) is 30.4 Å². The van der Waals surface area contributed by atoms with Crippen molar-refractivity contribution in [1.82, 2.24) is 0 Å². The molecule has 0 saturated carbocycles. The first kappa shape index (κ1) is 22.7. The summed E-state index contributed by atoms with van der Waals surface area (Å²) in [7, 11) is -0.409. The predicted octanol–water partition coefficient (Wildman–Crippen LogP) is 1.41. The molecule has 0 N–H and O–H groups in total. The van der Waals surface area contributed by atoms with Crippen LogP contribution >= 0.6 is 11.6 Å². The Hall–Kier alpha value is -1.47. The molecule has 1 atom stereocenters. The maximum atomic E-state index is 9.64. The van der Waals surface area contributed by atoms with E-state index in [0.29, 0.717) is 39.2 Å². The summed E-state index contributed by atoms with van der Waals surface area (Å²) in [6.07, 6.45) is 0. The van der Waals surface area contributed by atoms with E-state index in [2.05, 4.69) is 6.07 Å². The van der Waals surface area contributed by atoms with E-state index in [0.717, 1.165) is 11.0 Å².